The van der Waals surface area contributed by atoms with Crippen LogP contribution < -0.4 is 10.0 Å². The topological polar surface area (TPSA) is 38.7 Å². The summed E-state index contributed by atoms with van der Waals surface area (Å²) in [7, 11) is 2.69. The van der Waals surface area contributed by atoms with Gasteiger partial charge in [-0.05, 0) is 35.5 Å². The van der Waals surface area contributed by atoms with Crippen LogP contribution in [0.5, 0.6) is 11.5 Å². The van der Waals surface area contributed by atoms with Crippen molar-refractivity contribution < 1.29 is 12.9 Å². The molecule has 3 unspecified atom stereocenters. The zero-order valence-electron chi connectivity index (χ0n) is 11.5. The third-order valence-corrected chi connectivity index (χ3v) is 4.97. The minimum Gasteiger partial charge on any atom is -0.508 e. The fourth-order valence-electron chi connectivity index (χ4n) is 2.72. The Hall–Kier alpha value is -0.840. The second-order valence-electron chi connectivity index (χ2n) is 5.25. The zero-order valence-corrected chi connectivity index (χ0v) is 14.9. The number of aromatic hydroxyl groups is 1. The first-order valence-electron chi connectivity index (χ1n) is 6.71. The van der Waals surface area contributed by atoms with Crippen LogP contribution in [0.1, 0.15) is 22.8 Å². The third-order valence-electron chi connectivity index (χ3n) is 3.79. The molecule has 3 atom stereocenters. The molecule has 1 aliphatic rings. The molecule has 1 N–H and O–H groups in total. The van der Waals surface area contributed by atoms with Gasteiger partial charge in [0.25, 0.3) is 0 Å². The number of hydrogen-bond donors (Lipinski definition) is 1. The predicted octanol–water partition coefficient (Wildman–Crippen LogP) is 3.61. The number of hydrogen-bond acceptors (Lipinski definition) is 3. The van der Waals surface area contributed by atoms with Crippen molar-refractivity contribution in [3.63, 3.8) is 0 Å². The molecule has 21 heavy (non-hydrogen) atoms. The third kappa shape index (κ3) is 2.89. The van der Waals surface area contributed by atoms with Gasteiger partial charge >= 0.3 is 0 Å². The van der Waals surface area contributed by atoms with E-state index in [4.69, 9.17) is 7.80 Å². The minimum absolute atomic E-state index is 0.0824. The number of halogens is 1. The molecule has 0 bridgehead atoms. The largest absolute Gasteiger partial charge is 0.508 e. The number of para-hydroxylation sites is 1. The minimum atomic E-state index is -0.227. The van der Waals surface area contributed by atoms with Crippen molar-refractivity contribution >= 4 is 37.6 Å². The molecular formula is C16H16IO3P. The number of phenols is 1. The maximum Gasteiger partial charge on any atom is 0.152 e. The van der Waals surface area contributed by atoms with Crippen LogP contribution in [-0.4, -0.2) is 11.2 Å². The molecule has 5 heteroatoms. The van der Waals surface area contributed by atoms with Gasteiger partial charge in [-0.3, -0.25) is 0 Å². The number of aryl methyl sites for hydroxylation is 1. The average molecular weight is 414 g/mol. The Morgan fingerprint density at radius 2 is 2.14 bits per heavy atom. The van der Waals surface area contributed by atoms with Crippen LogP contribution >= 0.6 is 32.2 Å². The molecule has 0 aliphatic carbocycles. The second-order valence-corrected chi connectivity index (χ2v) is 6.38. The average Bonchev–Trinajstić information content (AvgIpc) is 2.49. The molecule has 1 aliphatic heterocycles. The van der Waals surface area contributed by atoms with Gasteiger partial charge in [0.1, 0.15) is 40.6 Å². The lowest BCUT2D eigenvalue weighted by molar-refractivity contribution is 0.0653. The van der Waals surface area contributed by atoms with Crippen molar-refractivity contribution in [2.24, 2.45) is 0 Å². The van der Waals surface area contributed by atoms with E-state index in [2.05, 4.69) is 15.3 Å². The van der Waals surface area contributed by atoms with Crippen LogP contribution in [0.4, 0.5) is 0 Å². The summed E-state index contributed by atoms with van der Waals surface area (Å²) in [6.45, 7) is 2.05. The van der Waals surface area contributed by atoms with Gasteiger partial charge in [-0.15, -0.1) is 9.24 Å². The van der Waals surface area contributed by atoms with E-state index < -0.39 is 0 Å². The van der Waals surface area contributed by atoms with E-state index in [1.165, 1.54) is 5.56 Å². The van der Waals surface area contributed by atoms with Gasteiger partial charge in [0.2, 0.25) is 0 Å². The number of benzene rings is 2. The molecule has 110 valence electrons. The van der Waals surface area contributed by atoms with Gasteiger partial charge in [0.05, 0.1) is 0 Å². The number of phenolic OH excluding ortho intramolecular Hbond substituents is 1. The number of rotatable bonds is 2. The van der Waals surface area contributed by atoms with Crippen molar-refractivity contribution in [1.82, 2.24) is 0 Å². The Kier molecular flexibility index (Phi) is 4.38. The summed E-state index contributed by atoms with van der Waals surface area (Å²) in [4.78, 5) is 0. The predicted molar refractivity (Wildman–Crippen MR) is 94.6 cm³/mol. The highest BCUT2D eigenvalue weighted by molar-refractivity contribution is 14.1. The lowest BCUT2D eigenvalue weighted by Gasteiger charge is -2.33. The van der Waals surface area contributed by atoms with Gasteiger partial charge in [-0.1, -0.05) is 24.3 Å². The summed E-state index contributed by atoms with van der Waals surface area (Å²) in [6, 6.07) is 11.5. The van der Waals surface area contributed by atoms with Gasteiger partial charge in [-0.25, -0.2) is 0 Å². The van der Waals surface area contributed by atoms with E-state index in [1.807, 2.05) is 48.1 Å². The van der Waals surface area contributed by atoms with E-state index in [0.717, 1.165) is 28.6 Å². The van der Waals surface area contributed by atoms with Crippen molar-refractivity contribution in [1.29, 1.82) is 0 Å². The van der Waals surface area contributed by atoms with E-state index >= 15 is 0 Å². The molecule has 2 aromatic carbocycles. The highest BCUT2D eigenvalue weighted by Crippen LogP contribution is 2.39. The van der Waals surface area contributed by atoms with E-state index in [1.54, 1.807) is 12.1 Å². The summed E-state index contributed by atoms with van der Waals surface area (Å²) < 4.78 is 11.8. The summed E-state index contributed by atoms with van der Waals surface area (Å²) in [5.74, 6) is 1.17. The number of fused-ring (bicyclic) bond motifs is 1. The fraction of sp³-hybridized carbons (Fsp3) is 0.250. The maximum atomic E-state index is 9.77. The van der Waals surface area contributed by atoms with Gasteiger partial charge in [-0.2, -0.15) is 0 Å². The van der Waals surface area contributed by atoms with Crippen molar-refractivity contribution in [2.75, 3.05) is 0 Å². The fourth-order valence-corrected chi connectivity index (χ4v) is 3.51. The Bertz CT molecular complexity index is 675. The van der Waals surface area contributed by atoms with E-state index in [9.17, 15) is 5.11 Å². The normalized spacial score (nSPS) is 20.7. The Balaban J connectivity index is 2.06. The Morgan fingerprint density at radius 3 is 2.90 bits per heavy atom. The van der Waals surface area contributed by atoms with Crippen molar-refractivity contribution in [2.45, 2.75) is 25.6 Å². The lowest BCUT2D eigenvalue weighted by Crippen LogP contribution is -2.33. The van der Waals surface area contributed by atoms with Crippen LogP contribution in [0, 0.1) is 6.92 Å². The smallest absolute Gasteiger partial charge is 0.152 e. The first-order valence-corrected chi connectivity index (χ1v) is 8.17. The second kappa shape index (κ2) is 6.11. The van der Waals surface area contributed by atoms with Crippen molar-refractivity contribution in [3.05, 3.63) is 53.1 Å². The summed E-state index contributed by atoms with van der Waals surface area (Å²) >= 11 is 1.93. The first kappa shape index (κ1) is 15.1. The molecule has 0 amide bonds. The monoisotopic (exact) mass is 414 g/mol. The quantitative estimate of drug-likeness (QED) is 0.603. The van der Waals surface area contributed by atoms with Crippen LogP contribution in [0.3, 0.4) is 0 Å². The molecule has 0 spiro atoms. The molecule has 1 heterocycles. The molecular weight excluding hydrogens is 398 g/mol. The van der Waals surface area contributed by atoms with Gasteiger partial charge in [0, 0.05) is 12.0 Å². The number of ether oxygens (including phenoxy) is 1. The van der Waals surface area contributed by atoms with Crippen LogP contribution in [-0.2, 0) is 9.49 Å². The summed E-state index contributed by atoms with van der Waals surface area (Å²) in [5.41, 5.74) is 3.23. The van der Waals surface area contributed by atoms with E-state index in [-0.39, 0.29) is 18.0 Å². The molecule has 3 nitrogen and oxygen atoms in total. The molecule has 0 radical (unpaired) electrons. The summed E-state index contributed by atoms with van der Waals surface area (Å²) in [6.07, 6.45) is 0.487. The Labute approximate surface area is 140 Å². The molecule has 0 aromatic heterocycles. The molecule has 0 saturated carbocycles. The lowest BCUT2D eigenvalue weighted by atomic mass is 9.93. The Morgan fingerprint density at radius 1 is 1.33 bits per heavy atom. The first-order chi connectivity index (χ1) is 10.1. The van der Waals surface area contributed by atoms with Crippen LogP contribution in [0.2, 0.25) is 0 Å². The highest BCUT2D eigenvalue weighted by atomic mass is 127. The molecule has 0 saturated heterocycles. The van der Waals surface area contributed by atoms with Gasteiger partial charge in [0.15, 0.2) is 6.10 Å². The maximum absolute atomic E-state index is 9.77. The van der Waals surface area contributed by atoms with Crippen LogP contribution in [0.25, 0.3) is 0 Å². The molecule has 2 aromatic rings. The molecule has 3 rings (SSSR count). The van der Waals surface area contributed by atoms with Crippen molar-refractivity contribution in [3.8, 4) is 11.5 Å². The SMILES string of the molecule is Cc1cccc2c1OC(c1cc(O)ccc1P)C(OI)C2. The summed E-state index contributed by atoms with van der Waals surface area (Å²) in [5, 5.41) is 10.8. The highest BCUT2D eigenvalue weighted by Gasteiger charge is 2.33. The molecule has 0 fully saturated rings. The van der Waals surface area contributed by atoms with E-state index in [0.29, 0.717) is 0 Å². The standard InChI is InChI=1S/C16H16IO3P/c1-9-3-2-4-10-7-13(20-17)16(19-15(9)10)12-8-11(18)5-6-14(12)21/h2-6,8,13,16,18H,7,21H2,1H3. The van der Waals surface area contributed by atoms with Gasteiger partial charge < -0.3 is 12.9 Å². The van der Waals surface area contributed by atoms with Crippen LogP contribution in [0.15, 0.2) is 36.4 Å². The zero-order chi connectivity index (χ0) is 15.0.